The normalized spacial score (nSPS) is 13.1. The van der Waals surface area contributed by atoms with E-state index in [0.717, 1.165) is 5.69 Å². The van der Waals surface area contributed by atoms with Gasteiger partial charge in [0.1, 0.15) is 0 Å². The smallest absolute Gasteiger partial charge is 0.237 e. The predicted octanol–water partition coefficient (Wildman–Crippen LogP) is 1.47. The number of amides is 1. The van der Waals surface area contributed by atoms with Gasteiger partial charge in [0.05, 0.1) is 18.1 Å². The fourth-order valence-corrected chi connectivity index (χ4v) is 1.69. The molecular weight excluding hydrogens is 228 g/mol. The molecule has 2 N–H and O–H groups in total. The molecule has 0 saturated heterocycles. The largest absolute Gasteiger partial charge is 0.353 e. The third-order valence-electron chi connectivity index (χ3n) is 2.72. The van der Waals surface area contributed by atoms with Gasteiger partial charge in [0.2, 0.25) is 5.91 Å². The molecule has 0 aliphatic heterocycles. The molecule has 0 radical (unpaired) electrons. The number of rotatable bonds is 6. The molecule has 0 aliphatic rings. The SMILES string of the molecule is CC(C)NC(=O)C(C)NCc1cncn1C(C)C. The highest BCUT2D eigenvalue weighted by molar-refractivity contribution is 5.81. The molecule has 1 atom stereocenters. The van der Waals surface area contributed by atoms with Gasteiger partial charge >= 0.3 is 0 Å². The van der Waals surface area contributed by atoms with Gasteiger partial charge < -0.3 is 15.2 Å². The molecule has 0 bridgehead atoms. The first-order valence-corrected chi connectivity index (χ1v) is 6.46. The summed E-state index contributed by atoms with van der Waals surface area (Å²) in [6, 6.07) is 0.343. The minimum absolute atomic E-state index is 0.0283. The zero-order valence-electron chi connectivity index (χ0n) is 11.9. The van der Waals surface area contributed by atoms with E-state index in [-0.39, 0.29) is 18.0 Å². The molecule has 1 rings (SSSR count). The van der Waals surface area contributed by atoms with Crippen molar-refractivity contribution in [2.24, 2.45) is 0 Å². The predicted molar refractivity (Wildman–Crippen MR) is 72.2 cm³/mol. The Hall–Kier alpha value is -1.36. The van der Waals surface area contributed by atoms with Crippen molar-refractivity contribution in [1.29, 1.82) is 0 Å². The molecule has 18 heavy (non-hydrogen) atoms. The van der Waals surface area contributed by atoms with Crippen LogP contribution >= 0.6 is 0 Å². The van der Waals surface area contributed by atoms with Crippen LogP contribution in [0.1, 0.15) is 46.4 Å². The van der Waals surface area contributed by atoms with Crippen LogP contribution in [0.3, 0.4) is 0 Å². The summed E-state index contributed by atoms with van der Waals surface area (Å²) in [6.45, 7) is 10.6. The minimum Gasteiger partial charge on any atom is -0.353 e. The van der Waals surface area contributed by atoms with E-state index < -0.39 is 0 Å². The third kappa shape index (κ3) is 4.14. The maximum absolute atomic E-state index is 11.7. The maximum Gasteiger partial charge on any atom is 0.237 e. The molecule has 102 valence electrons. The van der Waals surface area contributed by atoms with Crippen LogP contribution in [-0.2, 0) is 11.3 Å². The van der Waals surface area contributed by atoms with E-state index in [1.54, 1.807) is 0 Å². The Balaban J connectivity index is 2.49. The summed E-state index contributed by atoms with van der Waals surface area (Å²) in [5, 5.41) is 6.10. The maximum atomic E-state index is 11.7. The second kappa shape index (κ2) is 6.54. The first-order valence-electron chi connectivity index (χ1n) is 6.46. The fraction of sp³-hybridized carbons (Fsp3) is 0.692. The van der Waals surface area contributed by atoms with Crippen molar-refractivity contribution in [2.45, 2.75) is 59.3 Å². The van der Waals surface area contributed by atoms with Crippen molar-refractivity contribution in [2.75, 3.05) is 0 Å². The number of aromatic nitrogens is 2. The topological polar surface area (TPSA) is 59.0 Å². The number of nitrogens with zero attached hydrogens (tertiary/aromatic N) is 2. The number of hydrogen-bond donors (Lipinski definition) is 2. The lowest BCUT2D eigenvalue weighted by molar-refractivity contribution is -0.123. The molecular formula is C13H24N4O. The van der Waals surface area contributed by atoms with Gasteiger partial charge in [-0.1, -0.05) is 0 Å². The lowest BCUT2D eigenvalue weighted by Crippen LogP contribution is -2.44. The van der Waals surface area contributed by atoms with Gasteiger partial charge in [0.15, 0.2) is 0 Å². The molecule has 0 spiro atoms. The molecule has 1 heterocycles. The van der Waals surface area contributed by atoms with Gasteiger partial charge in [-0.15, -0.1) is 0 Å². The van der Waals surface area contributed by atoms with E-state index in [9.17, 15) is 4.79 Å². The number of imidazole rings is 1. The molecule has 5 nitrogen and oxygen atoms in total. The summed E-state index contributed by atoms with van der Waals surface area (Å²) in [5.41, 5.74) is 1.09. The molecule has 0 saturated carbocycles. The van der Waals surface area contributed by atoms with Crippen LogP contribution in [0.25, 0.3) is 0 Å². The summed E-state index contributed by atoms with van der Waals surface area (Å²) >= 11 is 0. The van der Waals surface area contributed by atoms with Crippen molar-refractivity contribution in [3.05, 3.63) is 18.2 Å². The van der Waals surface area contributed by atoms with Crippen LogP contribution in [0.5, 0.6) is 0 Å². The molecule has 0 aromatic carbocycles. The van der Waals surface area contributed by atoms with E-state index in [4.69, 9.17) is 0 Å². The van der Waals surface area contributed by atoms with Crippen LogP contribution < -0.4 is 10.6 Å². The molecule has 0 aliphatic carbocycles. The van der Waals surface area contributed by atoms with Crippen LogP contribution in [0.4, 0.5) is 0 Å². The summed E-state index contributed by atoms with van der Waals surface area (Å²) < 4.78 is 2.10. The van der Waals surface area contributed by atoms with Gasteiger partial charge in [0.25, 0.3) is 0 Å². The minimum atomic E-state index is -0.206. The Bertz CT molecular complexity index is 384. The van der Waals surface area contributed by atoms with Crippen LogP contribution in [-0.4, -0.2) is 27.5 Å². The van der Waals surface area contributed by atoms with E-state index in [2.05, 4.69) is 34.0 Å². The average molecular weight is 252 g/mol. The van der Waals surface area contributed by atoms with Gasteiger partial charge in [0, 0.05) is 24.8 Å². The Morgan fingerprint density at radius 2 is 2.00 bits per heavy atom. The summed E-state index contributed by atoms with van der Waals surface area (Å²) in [5.74, 6) is 0.0283. The van der Waals surface area contributed by atoms with Gasteiger partial charge in [-0.05, 0) is 34.6 Å². The lowest BCUT2D eigenvalue weighted by Gasteiger charge is -2.17. The van der Waals surface area contributed by atoms with E-state index in [1.807, 2.05) is 33.3 Å². The average Bonchev–Trinajstić information content (AvgIpc) is 2.72. The first kappa shape index (κ1) is 14.7. The monoisotopic (exact) mass is 252 g/mol. The molecule has 5 heteroatoms. The van der Waals surface area contributed by atoms with Gasteiger partial charge in [-0.2, -0.15) is 0 Å². The van der Waals surface area contributed by atoms with Crippen LogP contribution in [0.15, 0.2) is 12.5 Å². The lowest BCUT2D eigenvalue weighted by atomic mass is 10.2. The standard InChI is InChI=1S/C13H24N4O/c1-9(2)16-13(18)11(5)15-7-12-6-14-8-17(12)10(3)4/h6,8-11,15H,7H2,1-5H3,(H,16,18). The van der Waals surface area contributed by atoms with Gasteiger partial charge in [-0.3, -0.25) is 4.79 Å². The Labute approximate surface area is 109 Å². The molecule has 1 unspecified atom stereocenters. The first-order chi connectivity index (χ1) is 8.41. The van der Waals surface area contributed by atoms with Crippen LogP contribution in [0.2, 0.25) is 0 Å². The summed E-state index contributed by atoms with van der Waals surface area (Å²) in [6.07, 6.45) is 3.65. The molecule has 1 aromatic heterocycles. The number of hydrogen-bond acceptors (Lipinski definition) is 3. The van der Waals surface area contributed by atoms with Crippen LogP contribution in [0, 0.1) is 0 Å². The van der Waals surface area contributed by atoms with Crippen molar-refractivity contribution in [3.8, 4) is 0 Å². The zero-order valence-corrected chi connectivity index (χ0v) is 11.9. The van der Waals surface area contributed by atoms with Crippen molar-refractivity contribution >= 4 is 5.91 Å². The zero-order chi connectivity index (χ0) is 13.7. The molecule has 1 amide bonds. The van der Waals surface area contributed by atoms with E-state index in [0.29, 0.717) is 12.6 Å². The molecule has 0 fully saturated rings. The highest BCUT2D eigenvalue weighted by atomic mass is 16.2. The van der Waals surface area contributed by atoms with E-state index in [1.165, 1.54) is 0 Å². The Kier molecular flexibility index (Phi) is 5.34. The van der Waals surface area contributed by atoms with E-state index >= 15 is 0 Å². The number of nitrogens with one attached hydrogen (secondary N) is 2. The number of carbonyl (C=O) groups is 1. The third-order valence-corrected chi connectivity index (χ3v) is 2.72. The van der Waals surface area contributed by atoms with Crippen molar-refractivity contribution in [3.63, 3.8) is 0 Å². The fourth-order valence-electron chi connectivity index (χ4n) is 1.69. The summed E-state index contributed by atoms with van der Waals surface area (Å²) in [7, 11) is 0. The van der Waals surface area contributed by atoms with Crippen molar-refractivity contribution in [1.82, 2.24) is 20.2 Å². The second-order valence-corrected chi connectivity index (χ2v) is 5.15. The number of carbonyl (C=O) groups excluding carboxylic acids is 1. The Morgan fingerprint density at radius 3 is 2.56 bits per heavy atom. The molecule has 1 aromatic rings. The summed E-state index contributed by atoms with van der Waals surface area (Å²) in [4.78, 5) is 15.9. The van der Waals surface area contributed by atoms with Gasteiger partial charge in [-0.25, -0.2) is 4.98 Å². The highest BCUT2D eigenvalue weighted by Gasteiger charge is 2.14. The second-order valence-electron chi connectivity index (χ2n) is 5.15. The Morgan fingerprint density at radius 1 is 1.33 bits per heavy atom. The van der Waals surface area contributed by atoms with Crippen molar-refractivity contribution < 1.29 is 4.79 Å². The highest BCUT2D eigenvalue weighted by Crippen LogP contribution is 2.08. The quantitative estimate of drug-likeness (QED) is 0.806.